The number of aromatic nitrogens is 1. The van der Waals surface area contributed by atoms with Gasteiger partial charge in [-0.3, -0.25) is 9.98 Å². The number of nitriles is 1. The van der Waals surface area contributed by atoms with Crippen LogP contribution in [-0.4, -0.2) is 29.4 Å². The van der Waals surface area contributed by atoms with Crippen molar-refractivity contribution in [1.82, 2.24) is 4.98 Å². The number of amidine groups is 2. The summed E-state index contributed by atoms with van der Waals surface area (Å²) in [6, 6.07) is 7.19. The number of nitrogens with one attached hydrogen (secondary N) is 1. The van der Waals surface area contributed by atoms with E-state index in [1.807, 2.05) is 6.07 Å². The van der Waals surface area contributed by atoms with E-state index in [4.69, 9.17) is 11.0 Å². The largest absolute Gasteiger partial charge is 0.459 e. The lowest BCUT2D eigenvalue weighted by molar-refractivity contribution is -0.117. The molecule has 29 heavy (non-hydrogen) atoms. The second kappa shape index (κ2) is 6.48. The second-order valence-electron chi connectivity index (χ2n) is 6.84. The van der Waals surface area contributed by atoms with E-state index in [2.05, 4.69) is 25.0 Å². The molecular formula is C19H15F3N6O. The monoisotopic (exact) mass is 400 g/mol. The molecule has 3 N–H and O–H groups in total. The highest BCUT2D eigenvalue weighted by atomic mass is 19.3. The van der Waals surface area contributed by atoms with Crippen LogP contribution in [-0.2, 0) is 16.8 Å². The van der Waals surface area contributed by atoms with E-state index in [1.165, 1.54) is 12.3 Å². The van der Waals surface area contributed by atoms with Crippen molar-refractivity contribution in [3.05, 3.63) is 58.7 Å². The fourth-order valence-corrected chi connectivity index (χ4v) is 3.21. The molecule has 2 aromatic rings. The number of hydrogen-bond acceptors (Lipinski definition) is 7. The summed E-state index contributed by atoms with van der Waals surface area (Å²) in [5, 5.41) is 11.9. The van der Waals surface area contributed by atoms with Gasteiger partial charge in [-0.1, -0.05) is 0 Å². The minimum Gasteiger partial charge on any atom is -0.459 e. The van der Waals surface area contributed by atoms with E-state index in [-0.39, 0.29) is 12.1 Å². The highest BCUT2D eigenvalue weighted by molar-refractivity contribution is 6.08. The quantitative estimate of drug-likeness (QED) is 0.806. The molecule has 7 nitrogen and oxygen atoms in total. The molecule has 0 radical (unpaired) electrons. The molecule has 0 aliphatic carbocycles. The lowest BCUT2D eigenvalue weighted by Crippen LogP contribution is -2.51. The molecule has 1 unspecified atom stereocenters. The summed E-state index contributed by atoms with van der Waals surface area (Å²) in [4.78, 5) is 12.2. The first-order valence-corrected chi connectivity index (χ1v) is 8.60. The van der Waals surface area contributed by atoms with E-state index < -0.39 is 29.9 Å². The number of fused-ring (bicyclic) bond motifs is 1. The average molecular weight is 400 g/mol. The standard InChI is InChI=1S/C19H15F3N6O/c1-18(19(21,22)9-29-17(24)28-18)12-5-15-11(4-13(12)20)8-26-16(27-15)14-3-2-10(6-23)7-25-14/h2-5,7H,8-9H2,1H3,(H2,24,28)(H,26,27). The Labute approximate surface area is 163 Å². The van der Waals surface area contributed by atoms with Crippen LogP contribution in [0.2, 0.25) is 0 Å². The third kappa shape index (κ3) is 3.04. The Morgan fingerprint density at radius 1 is 1.31 bits per heavy atom. The van der Waals surface area contributed by atoms with Gasteiger partial charge >= 0.3 is 5.92 Å². The molecule has 4 rings (SSSR count). The highest BCUT2D eigenvalue weighted by Gasteiger charge is 2.56. The van der Waals surface area contributed by atoms with Crippen molar-refractivity contribution < 1.29 is 17.9 Å². The third-order valence-corrected chi connectivity index (χ3v) is 4.96. The highest BCUT2D eigenvalue weighted by Crippen LogP contribution is 2.45. The van der Waals surface area contributed by atoms with Crippen LogP contribution >= 0.6 is 0 Å². The molecule has 1 atom stereocenters. The van der Waals surface area contributed by atoms with Crippen molar-refractivity contribution in [3.63, 3.8) is 0 Å². The number of anilines is 1. The van der Waals surface area contributed by atoms with Crippen LogP contribution in [0.5, 0.6) is 0 Å². The Bertz CT molecular complexity index is 1090. The van der Waals surface area contributed by atoms with Crippen LogP contribution in [0.4, 0.5) is 18.9 Å². The van der Waals surface area contributed by atoms with Crippen LogP contribution in [0.25, 0.3) is 0 Å². The van der Waals surface area contributed by atoms with Crippen molar-refractivity contribution in [2.45, 2.75) is 24.9 Å². The Morgan fingerprint density at radius 2 is 2.10 bits per heavy atom. The van der Waals surface area contributed by atoms with Crippen molar-refractivity contribution in [3.8, 4) is 6.07 Å². The molecule has 0 fully saturated rings. The maximum absolute atomic E-state index is 14.8. The second-order valence-corrected chi connectivity index (χ2v) is 6.84. The van der Waals surface area contributed by atoms with Crippen LogP contribution in [0.1, 0.15) is 29.3 Å². The van der Waals surface area contributed by atoms with E-state index in [0.717, 1.165) is 13.0 Å². The smallest absolute Gasteiger partial charge is 0.310 e. The van der Waals surface area contributed by atoms with Crippen molar-refractivity contribution in [2.24, 2.45) is 15.7 Å². The van der Waals surface area contributed by atoms with Gasteiger partial charge in [-0.2, -0.15) is 14.0 Å². The molecule has 0 saturated heterocycles. The zero-order chi connectivity index (χ0) is 20.8. The molecule has 3 heterocycles. The number of rotatable bonds is 2. The van der Waals surface area contributed by atoms with E-state index in [1.54, 1.807) is 12.1 Å². The number of hydrogen-bond donors (Lipinski definition) is 2. The van der Waals surface area contributed by atoms with Crippen molar-refractivity contribution >= 4 is 17.5 Å². The number of benzene rings is 1. The maximum atomic E-state index is 14.8. The molecule has 1 aromatic heterocycles. The van der Waals surface area contributed by atoms with Gasteiger partial charge in [0.1, 0.15) is 17.6 Å². The van der Waals surface area contributed by atoms with E-state index in [0.29, 0.717) is 28.3 Å². The lowest BCUT2D eigenvalue weighted by atomic mass is 9.84. The number of nitrogens with two attached hydrogens (primary N) is 1. The number of pyridine rings is 1. The number of aliphatic imine (C=N–C) groups is 2. The summed E-state index contributed by atoms with van der Waals surface area (Å²) in [6.45, 7) is 0.260. The summed E-state index contributed by atoms with van der Waals surface area (Å²) in [7, 11) is 0. The first-order valence-electron chi connectivity index (χ1n) is 8.60. The minimum atomic E-state index is -3.47. The van der Waals surface area contributed by atoms with E-state index in [9.17, 15) is 13.2 Å². The van der Waals surface area contributed by atoms with Gasteiger partial charge in [-0.15, -0.1) is 0 Å². The van der Waals surface area contributed by atoms with Gasteiger partial charge in [-0.05, 0) is 31.2 Å². The average Bonchev–Trinajstić information content (AvgIpc) is 2.70. The van der Waals surface area contributed by atoms with Gasteiger partial charge in [0.25, 0.3) is 6.02 Å². The SMILES string of the molecule is CC1(c2cc3c(cc2F)CN=C(c2ccc(C#N)cn2)N3)N=C(N)OCC1(F)F. The van der Waals surface area contributed by atoms with Crippen LogP contribution in [0.15, 0.2) is 40.4 Å². The van der Waals surface area contributed by atoms with Gasteiger partial charge in [-0.25, -0.2) is 9.38 Å². The maximum Gasteiger partial charge on any atom is 0.310 e. The summed E-state index contributed by atoms with van der Waals surface area (Å²) < 4.78 is 48.6. The minimum absolute atomic E-state index is 0.137. The first-order chi connectivity index (χ1) is 13.7. The molecule has 10 heteroatoms. The van der Waals surface area contributed by atoms with E-state index >= 15 is 0 Å². The molecule has 0 amide bonds. The summed E-state index contributed by atoms with van der Waals surface area (Å²) in [5.74, 6) is -3.92. The number of halogens is 3. The predicted molar refractivity (Wildman–Crippen MR) is 99.1 cm³/mol. The topological polar surface area (TPSA) is 109 Å². The molecule has 2 aliphatic heterocycles. The Kier molecular flexibility index (Phi) is 4.19. The third-order valence-electron chi connectivity index (χ3n) is 4.96. The molecule has 0 bridgehead atoms. The van der Waals surface area contributed by atoms with Crippen molar-refractivity contribution in [1.29, 1.82) is 5.26 Å². The Morgan fingerprint density at radius 3 is 2.79 bits per heavy atom. The van der Waals surface area contributed by atoms with Crippen molar-refractivity contribution in [2.75, 3.05) is 11.9 Å². The zero-order valence-electron chi connectivity index (χ0n) is 15.2. The zero-order valence-corrected chi connectivity index (χ0v) is 15.2. The molecular weight excluding hydrogens is 385 g/mol. The van der Waals surface area contributed by atoms with Crippen LogP contribution in [0, 0.1) is 17.1 Å². The number of nitrogens with zero attached hydrogens (tertiary/aromatic N) is 4. The van der Waals surface area contributed by atoms with Gasteiger partial charge in [0.15, 0.2) is 18.0 Å². The molecule has 0 spiro atoms. The first kappa shape index (κ1) is 18.7. The summed E-state index contributed by atoms with van der Waals surface area (Å²) >= 11 is 0. The van der Waals surface area contributed by atoms with Crippen LogP contribution < -0.4 is 11.1 Å². The Hall–Kier alpha value is -3.61. The normalized spacial score (nSPS) is 22.3. The molecule has 148 valence electrons. The number of ether oxygens (including phenoxy) is 1. The summed E-state index contributed by atoms with van der Waals surface area (Å²) in [5.41, 5.74) is 4.71. The van der Waals surface area contributed by atoms with Gasteiger partial charge in [0.2, 0.25) is 0 Å². The molecule has 2 aliphatic rings. The summed E-state index contributed by atoms with van der Waals surface area (Å²) in [6.07, 6.45) is 1.40. The fraction of sp³-hybridized carbons (Fsp3) is 0.263. The Balaban J connectivity index is 1.74. The van der Waals surface area contributed by atoms with Gasteiger partial charge in [0, 0.05) is 23.0 Å². The fourth-order valence-electron chi connectivity index (χ4n) is 3.21. The number of alkyl halides is 2. The lowest BCUT2D eigenvalue weighted by Gasteiger charge is -2.38. The van der Waals surface area contributed by atoms with Gasteiger partial charge in [0.05, 0.1) is 12.1 Å². The van der Waals surface area contributed by atoms with Crippen LogP contribution in [0.3, 0.4) is 0 Å². The molecule has 0 saturated carbocycles. The van der Waals surface area contributed by atoms with Gasteiger partial charge < -0.3 is 15.8 Å². The molecule has 1 aromatic carbocycles. The predicted octanol–water partition coefficient (Wildman–Crippen LogP) is 2.66.